The first-order valence-electron chi connectivity index (χ1n) is 4.99. The maximum Gasteiger partial charge on any atom is 0.0995 e. The van der Waals surface area contributed by atoms with E-state index in [0.717, 1.165) is 16.1 Å². The van der Waals surface area contributed by atoms with Gasteiger partial charge in [-0.2, -0.15) is 0 Å². The van der Waals surface area contributed by atoms with E-state index in [2.05, 4.69) is 5.32 Å². The van der Waals surface area contributed by atoms with Crippen molar-refractivity contribution >= 4 is 46.1 Å². The van der Waals surface area contributed by atoms with E-state index in [4.69, 9.17) is 34.8 Å². The first-order valence-corrected chi connectivity index (χ1v) is 6.94. The Morgan fingerprint density at radius 2 is 1.76 bits per heavy atom. The number of thiophene rings is 1. The lowest BCUT2D eigenvalue weighted by Gasteiger charge is -2.16. The SMILES string of the molecule is CNC(c1ccc(Cl)cc1)c1cc(Cl)sc1Cl. The van der Waals surface area contributed by atoms with Crippen LogP contribution in [0.2, 0.25) is 13.7 Å². The molecular weight excluding hydrogens is 297 g/mol. The Hall–Kier alpha value is -0.250. The maximum absolute atomic E-state index is 6.17. The average molecular weight is 307 g/mol. The smallest absolute Gasteiger partial charge is 0.0995 e. The topological polar surface area (TPSA) is 12.0 Å². The van der Waals surface area contributed by atoms with Crippen molar-refractivity contribution in [2.24, 2.45) is 0 Å². The standard InChI is InChI=1S/C12H10Cl3NS/c1-16-11(7-2-4-8(13)5-3-7)9-6-10(14)17-12(9)15/h2-6,11,16H,1H3. The maximum atomic E-state index is 6.17. The van der Waals surface area contributed by atoms with Crippen LogP contribution in [-0.4, -0.2) is 7.05 Å². The fourth-order valence-electron chi connectivity index (χ4n) is 1.71. The molecular formula is C12H10Cl3NS. The fraction of sp³-hybridized carbons (Fsp3) is 0.167. The molecule has 17 heavy (non-hydrogen) atoms. The number of nitrogens with one attached hydrogen (secondary N) is 1. The van der Waals surface area contributed by atoms with Crippen molar-refractivity contribution in [1.29, 1.82) is 0 Å². The summed E-state index contributed by atoms with van der Waals surface area (Å²) < 4.78 is 1.41. The predicted octanol–water partition coefficient (Wildman–Crippen LogP) is 5.02. The van der Waals surface area contributed by atoms with Crippen LogP contribution in [0, 0.1) is 0 Å². The number of halogens is 3. The monoisotopic (exact) mass is 305 g/mol. The van der Waals surface area contributed by atoms with Crippen molar-refractivity contribution in [3.8, 4) is 0 Å². The molecule has 0 aliphatic rings. The molecule has 2 rings (SSSR count). The second-order valence-corrected chi connectivity index (χ2v) is 6.27. The van der Waals surface area contributed by atoms with Gasteiger partial charge in [-0.05, 0) is 30.8 Å². The van der Waals surface area contributed by atoms with Gasteiger partial charge in [0.05, 0.1) is 14.7 Å². The van der Waals surface area contributed by atoms with E-state index in [0.29, 0.717) is 8.67 Å². The van der Waals surface area contributed by atoms with Gasteiger partial charge in [0.1, 0.15) is 0 Å². The molecule has 1 heterocycles. The zero-order chi connectivity index (χ0) is 12.4. The molecule has 1 nitrogen and oxygen atoms in total. The molecule has 1 atom stereocenters. The summed E-state index contributed by atoms with van der Waals surface area (Å²) in [6, 6.07) is 9.61. The summed E-state index contributed by atoms with van der Waals surface area (Å²) in [5.41, 5.74) is 2.10. The summed E-state index contributed by atoms with van der Waals surface area (Å²) in [4.78, 5) is 0. The third kappa shape index (κ3) is 2.95. The van der Waals surface area contributed by atoms with E-state index < -0.39 is 0 Å². The Bertz CT molecular complexity index is 507. The van der Waals surface area contributed by atoms with Gasteiger partial charge in [0.25, 0.3) is 0 Å². The molecule has 0 bridgehead atoms. The molecule has 1 aromatic carbocycles. The van der Waals surface area contributed by atoms with Crippen LogP contribution in [0.15, 0.2) is 30.3 Å². The van der Waals surface area contributed by atoms with Gasteiger partial charge in [-0.25, -0.2) is 0 Å². The van der Waals surface area contributed by atoms with Crippen LogP contribution in [0.4, 0.5) is 0 Å². The quantitative estimate of drug-likeness (QED) is 0.840. The molecule has 1 unspecified atom stereocenters. The summed E-state index contributed by atoms with van der Waals surface area (Å²) in [7, 11) is 1.89. The molecule has 0 aliphatic heterocycles. The Labute approximate surface area is 119 Å². The van der Waals surface area contributed by atoms with Crippen LogP contribution in [0.3, 0.4) is 0 Å². The third-order valence-electron chi connectivity index (χ3n) is 2.49. The zero-order valence-corrected chi connectivity index (χ0v) is 12.1. The van der Waals surface area contributed by atoms with Crippen molar-refractivity contribution in [3.05, 3.63) is 55.2 Å². The van der Waals surface area contributed by atoms with Gasteiger partial charge in [0.2, 0.25) is 0 Å². The average Bonchev–Trinajstić information content (AvgIpc) is 2.62. The first-order chi connectivity index (χ1) is 8.11. The summed E-state index contributed by atoms with van der Waals surface area (Å²) in [6.45, 7) is 0. The van der Waals surface area contributed by atoms with Gasteiger partial charge < -0.3 is 5.32 Å². The van der Waals surface area contributed by atoms with Crippen LogP contribution in [-0.2, 0) is 0 Å². The summed E-state index contributed by atoms with van der Waals surface area (Å²) in [5.74, 6) is 0. The highest BCUT2D eigenvalue weighted by molar-refractivity contribution is 7.20. The predicted molar refractivity (Wildman–Crippen MR) is 76.7 cm³/mol. The minimum atomic E-state index is 0.0310. The highest BCUT2D eigenvalue weighted by Crippen LogP contribution is 2.37. The van der Waals surface area contributed by atoms with Crippen molar-refractivity contribution in [1.82, 2.24) is 5.32 Å². The normalized spacial score (nSPS) is 12.7. The lowest BCUT2D eigenvalue weighted by atomic mass is 10.0. The van der Waals surface area contributed by atoms with E-state index >= 15 is 0 Å². The Balaban J connectivity index is 2.39. The summed E-state index contributed by atoms with van der Waals surface area (Å²) >= 11 is 19.4. The number of rotatable bonds is 3. The molecule has 90 valence electrons. The van der Waals surface area contributed by atoms with Crippen molar-refractivity contribution < 1.29 is 0 Å². The second kappa shape index (κ2) is 5.59. The van der Waals surface area contributed by atoms with Gasteiger partial charge >= 0.3 is 0 Å². The molecule has 1 N–H and O–H groups in total. The van der Waals surface area contributed by atoms with E-state index in [1.807, 2.05) is 37.4 Å². The number of hydrogen-bond donors (Lipinski definition) is 1. The Kier molecular flexibility index (Phi) is 4.34. The molecule has 5 heteroatoms. The van der Waals surface area contributed by atoms with Crippen molar-refractivity contribution in [2.75, 3.05) is 7.05 Å². The minimum absolute atomic E-state index is 0.0310. The summed E-state index contributed by atoms with van der Waals surface area (Å²) in [5, 5.41) is 3.95. The molecule has 0 radical (unpaired) electrons. The molecule has 0 aliphatic carbocycles. The minimum Gasteiger partial charge on any atom is -0.309 e. The highest BCUT2D eigenvalue weighted by Gasteiger charge is 2.17. The summed E-state index contributed by atoms with van der Waals surface area (Å²) in [6.07, 6.45) is 0. The van der Waals surface area contributed by atoms with Gasteiger partial charge in [-0.15, -0.1) is 11.3 Å². The molecule has 0 saturated carbocycles. The highest BCUT2D eigenvalue weighted by atomic mass is 35.5. The largest absolute Gasteiger partial charge is 0.309 e. The number of benzene rings is 1. The van der Waals surface area contributed by atoms with E-state index in [1.54, 1.807) is 0 Å². The second-order valence-electron chi connectivity index (χ2n) is 3.55. The zero-order valence-electron chi connectivity index (χ0n) is 9.01. The van der Waals surface area contributed by atoms with Gasteiger partial charge in [-0.1, -0.05) is 46.9 Å². The molecule has 0 saturated heterocycles. The molecule has 0 amide bonds. The lowest BCUT2D eigenvalue weighted by Crippen LogP contribution is -2.17. The molecule has 1 aromatic heterocycles. The van der Waals surface area contributed by atoms with E-state index in [9.17, 15) is 0 Å². The van der Waals surface area contributed by atoms with Crippen LogP contribution in [0.25, 0.3) is 0 Å². The van der Waals surface area contributed by atoms with Crippen LogP contribution in [0.5, 0.6) is 0 Å². The van der Waals surface area contributed by atoms with Crippen molar-refractivity contribution in [2.45, 2.75) is 6.04 Å². The van der Waals surface area contributed by atoms with E-state index in [1.165, 1.54) is 11.3 Å². The molecule has 0 fully saturated rings. The third-order valence-corrected chi connectivity index (χ3v) is 4.26. The van der Waals surface area contributed by atoms with Gasteiger partial charge in [-0.3, -0.25) is 0 Å². The van der Waals surface area contributed by atoms with Gasteiger partial charge in [0.15, 0.2) is 0 Å². The van der Waals surface area contributed by atoms with Crippen LogP contribution >= 0.6 is 46.1 Å². The van der Waals surface area contributed by atoms with Crippen LogP contribution in [0.1, 0.15) is 17.2 Å². The first kappa shape index (κ1) is 13.2. The van der Waals surface area contributed by atoms with Crippen LogP contribution < -0.4 is 5.32 Å². The van der Waals surface area contributed by atoms with Crippen molar-refractivity contribution in [3.63, 3.8) is 0 Å². The van der Waals surface area contributed by atoms with Gasteiger partial charge in [0, 0.05) is 10.6 Å². The fourth-order valence-corrected chi connectivity index (χ4v) is 3.36. The Morgan fingerprint density at radius 3 is 2.24 bits per heavy atom. The molecule has 0 spiro atoms. The van der Waals surface area contributed by atoms with E-state index in [-0.39, 0.29) is 6.04 Å². The lowest BCUT2D eigenvalue weighted by molar-refractivity contribution is 0.694. The number of hydrogen-bond acceptors (Lipinski definition) is 2. The Morgan fingerprint density at radius 1 is 1.12 bits per heavy atom. The molecule has 2 aromatic rings.